The maximum absolute atomic E-state index is 5.97. The zero-order valence-electron chi connectivity index (χ0n) is 9.36. The Labute approximate surface area is 100 Å². The Balaban J connectivity index is 1.94. The fraction of sp³-hybridized carbons (Fsp3) is 0.429. The van der Waals surface area contributed by atoms with E-state index in [-0.39, 0.29) is 0 Å². The minimum absolute atomic E-state index is 0.446. The zero-order valence-corrected chi connectivity index (χ0v) is 10.2. The van der Waals surface area contributed by atoms with Crippen LogP contribution < -0.4 is 5.73 Å². The lowest BCUT2D eigenvalue weighted by molar-refractivity contribution is 0.397. The van der Waals surface area contributed by atoms with E-state index in [9.17, 15) is 0 Å². The van der Waals surface area contributed by atoms with Crippen molar-refractivity contribution >= 4 is 21.4 Å². The average Bonchev–Trinajstić information content (AvgIpc) is 2.74. The van der Waals surface area contributed by atoms with E-state index >= 15 is 0 Å². The number of nitrogens with two attached hydrogens (primary N) is 1. The number of hydrogen-bond acceptors (Lipinski definition) is 2. The summed E-state index contributed by atoms with van der Waals surface area (Å²) < 4.78 is 1.42. The van der Waals surface area contributed by atoms with Crippen LogP contribution in [0, 0.1) is 0 Å². The molecule has 1 aliphatic carbocycles. The van der Waals surface area contributed by atoms with Crippen molar-refractivity contribution in [1.82, 2.24) is 0 Å². The second-order valence-corrected chi connectivity index (χ2v) is 5.71. The number of benzene rings is 1. The summed E-state index contributed by atoms with van der Waals surface area (Å²) in [5.41, 5.74) is 7.53. The summed E-state index contributed by atoms with van der Waals surface area (Å²) in [6.45, 7) is 0. The molecule has 0 unspecified atom stereocenters. The Morgan fingerprint density at radius 3 is 2.62 bits per heavy atom. The van der Waals surface area contributed by atoms with Crippen molar-refractivity contribution < 1.29 is 0 Å². The fourth-order valence-corrected chi connectivity index (χ4v) is 3.79. The maximum atomic E-state index is 5.97. The van der Waals surface area contributed by atoms with Gasteiger partial charge in [-0.3, -0.25) is 0 Å². The lowest BCUT2D eigenvalue weighted by Crippen LogP contribution is -2.25. The third-order valence-corrected chi connectivity index (χ3v) is 4.70. The third kappa shape index (κ3) is 1.76. The molecule has 2 heteroatoms. The molecular formula is C14H17NS. The van der Waals surface area contributed by atoms with E-state index in [2.05, 4.69) is 29.6 Å². The van der Waals surface area contributed by atoms with E-state index in [4.69, 9.17) is 5.73 Å². The molecule has 1 aliphatic rings. The second-order valence-electron chi connectivity index (χ2n) is 4.80. The van der Waals surface area contributed by atoms with Crippen LogP contribution in [0.4, 0.5) is 0 Å². The first-order chi connectivity index (χ1) is 7.84. The standard InChI is InChI=1S/C14H17NS/c15-11-7-5-10(6-8-11)13-9-16-14-4-2-1-3-12(13)14/h1-4,9-11H,5-8,15H2. The highest BCUT2D eigenvalue weighted by Gasteiger charge is 2.21. The van der Waals surface area contributed by atoms with Gasteiger partial charge in [-0.15, -0.1) is 11.3 Å². The molecule has 0 spiro atoms. The predicted octanol–water partition coefficient (Wildman–Crippen LogP) is 3.89. The van der Waals surface area contributed by atoms with Crippen molar-refractivity contribution in [1.29, 1.82) is 0 Å². The maximum Gasteiger partial charge on any atom is 0.0345 e. The Kier molecular flexibility index (Phi) is 2.70. The molecule has 16 heavy (non-hydrogen) atoms. The topological polar surface area (TPSA) is 26.0 Å². The normalized spacial score (nSPS) is 26.1. The van der Waals surface area contributed by atoms with Crippen molar-refractivity contribution in [3.8, 4) is 0 Å². The highest BCUT2D eigenvalue weighted by Crippen LogP contribution is 2.38. The van der Waals surface area contributed by atoms with Gasteiger partial charge in [-0.25, -0.2) is 0 Å². The summed E-state index contributed by atoms with van der Waals surface area (Å²) in [5, 5.41) is 3.82. The summed E-state index contributed by atoms with van der Waals surface area (Å²) in [4.78, 5) is 0. The largest absolute Gasteiger partial charge is 0.328 e. The van der Waals surface area contributed by atoms with Crippen LogP contribution in [0.1, 0.15) is 37.2 Å². The number of thiophene rings is 1. The van der Waals surface area contributed by atoms with Gasteiger partial charge in [0.2, 0.25) is 0 Å². The molecule has 2 N–H and O–H groups in total. The van der Waals surface area contributed by atoms with E-state index in [1.807, 2.05) is 11.3 Å². The molecule has 1 aromatic carbocycles. The monoisotopic (exact) mass is 231 g/mol. The van der Waals surface area contributed by atoms with Gasteiger partial charge in [0.1, 0.15) is 0 Å². The van der Waals surface area contributed by atoms with Crippen LogP contribution in [0.15, 0.2) is 29.6 Å². The molecular weight excluding hydrogens is 214 g/mol. The van der Waals surface area contributed by atoms with Gasteiger partial charge in [-0.05, 0) is 54.0 Å². The molecule has 0 saturated heterocycles. The molecule has 0 radical (unpaired) electrons. The van der Waals surface area contributed by atoms with Crippen LogP contribution >= 0.6 is 11.3 Å². The molecule has 0 aliphatic heterocycles. The lowest BCUT2D eigenvalue weighted by atomic mass is 9.82. The van der Waals surface area contributed by atoms with E-state index in [1.54, 1.807) is 5.56 Å². The molecule has 0 amide bonds. The van der Waals surface area contributed by atoms with Gasteiger partial charge in [0.15, 0.2) is 0 Å². The number of hydrogen-bond donors (Lipinski definition) is 1. The van der Waals surface area contributed by atoms with Crippen molar-refractivity contribution in [2.45, 2.75) is 37.6 Å². The van der Waals surface area contributed by atoms with Gasteiger partial charge in [0.05, 0.1) is 0 Å². The van der Waals surface area contributed by atoms with Crippen molar-refractivity contribution in [3.05, 3.63) is 35.2 Å². The zero-order chi connectivity index (χ0) is 11.0. The Morgan fingerprint density at radius 2 is 1.81 bits per heavy atom. The highest BCUT2D eigenvalue weighted by atomic mass is 32.1. The summed E-state index contributed by atoms with van der Waals surface area (Å²) >= 11 is 1.88. The number of fused-ring (bicyclic) bond motifs is 1. The van der Waals surface area contributed by atoms with Crippen molar-refractivity contribution in [2.24, 2.45) is 5.73 Å². The quantitative estimate of drug-likeness (QED) is 0.791. The lowest BCUT2D eigenvalue weighted by Gasteiger charge is -2.25. The van der Waals surface area contributed by atoms with Crippen LogP contribution in [-0.4, -0.2) is 6.04 Å². The first-order valence-electron chi connectivity index (χ1n) is 6.06. The van der Waals surface area contributed by atoms with Gasteiger partial charge in [0, 0.05) is 10.7 Å². The van der Waals surface area contributed by atoms with Crippen LogP contribution in [0.3, 0.4) is 0 Å². The minimum Gasteiger partial charge on any atom is -0.328 e. The summed E-state index contributed by atoms with van der Waals surface area (Å²) in [7, 11) is 0. The molecule has 1 heterocycles. The third-order valence-electron chi connectivity index (χ3n) is 3.72. The Morgan fingerprint density at radius 1 is 1.06 bits per heavy atom. The van der Waals surface area contributed by atoms with E-state index in [0.29, 0.717) is 6.04 Å². The first kappa shape index (κ1) is 10.3. The van der Waals surface area contributed by atoms with E-state index < -0.39 is 0 Å². The van der Waals surface area contributed by atoms with Crippen molar-refractivity contribution in [3.63, 3.8) is 0 Å². The molecule has 2 aromatic rings. The van der Waals surface area contributed by atoms with Gasteiger partial charge in [0.25, 0.3) is 0 Å². The van der Waals surface area contributed by atoms with E-state index in [1.165, 1.54) is 35.8 Å². The highest BCUT2D eigenvalue weighted by molar-refractivity contribution is 7.17. The second kappa shape index (κ2) is 4.19. The predicted molar refractivity (Wildman–Crippen MR) is 71.0 cm³/mol. The SMILES string of the molecule is NC1CCC(c2csc3ccccc23)CC1. The molecule has 84 valence electrons. The molecule has 1 aromatic heterocycles. The van der Waals surface area contributed by atoms with Crippen LogP contribution in [-0.2, 0) is 0 Å². The van der Waals surface area contributed by atoms with Gasteiger partial charge in [-0.2, -0.15) is 0 Å². The molecule has 0 bridgehead atoms. The summed E-state index contributed by atoms with van der Waals surface area (Å²) in [5.74, 6) is 0.746. The van der Waals surface area contributed by atoms with Gasteiger partial charge < -0.3 is 5.73 Å². The average molecular weight is 231 g/mol. The van der Waals surface area contributed by atoms with Crippen LogP contribution in [0.25, 0.3) is 10.1 Å². The van der Waals surface area contributed by atoms with Crippen LogP contribution in [0.2, 0.25) is 0 Å². The van der Waals surface area contributed by atoms with Crippen molar-refractivity contribution in [2.75, 3.05) is 0 Å². The van der Waals surface area contributed by atoms with E-state index in [0.717, 1.165) is 5.92 Å². The Hall–Kier alpha value is -0.860. The smallest absolute Gasteiger partial charge is 0.0345 e. The summed E-state index contributed by atoms with van der Waals surface area (Å²) in [6, 6.07) is 9.20. The number of rotatable bonds is 1. The van der Waals surface area contributed by atoms with Gasteiger partial charge >= 0.3 is 0 Å². The molecule has 1 saturated carbocycles. The summed E-state index contributed by atoms with van der Waals surface area (Å²) in [6.07, 6.45) is 4.91. The molecule has 0 atom stereocenters. The molecule has 1 fully saturated rings. The van der Waals surface area contributed by atoms with Gasteiger partial charge in [-0.1, -0.05) is 18.2 Å². The minimum atomic E-state index is 0.446. The fourth-order valence-electron chi connectivity index (χ4n) is 2.74. The first-order valence-corrected chi connectivity index (χ1v) is 6.94. The molecule has 3 rings (SSSR count). The molecule has 1 nitrogen and oxygen atoms in total. The van der Waals surface area contributed by atoms with Crippen LogP contribution in [0.5, 0.6) is 0 Å². The Bertz CT molecular complexity index is 480.